The Bertz CT molecular complexity index is 988. The second-order valence-corrected chi connectivity index (χ2v) is 6.27. The van der Waals surface area contributed by atoms with Crippen molar-refractivity contribution in [2.75, 3.05) is 5.32 Å². The highest BCUT2D eigenvalue weighted by Crippen LogP contribution is 2.28. The van der Waals surface area contributed by atoms with Crippen LogP contribution in [0.3, 0.4) is 0 Å². The fourth-order valence-corrected chi connectivity index (χ4v) is 2.92. The van der Waals surface area contributed by atoms with Gasteiger partial charge in [-0.3, -0.25) is 14.9 Å². The number of ketones is 1. The van der Waals surface area contributed by atoms with Crippen LogP contribution in [0.25, 0.3) is 0 Å². The van der Waals surface area contributed by atoms with Gasteiger partial charge in [-0.25, -0.2) is 0 Å². The molecule has 0 saturated carbocycles. The van der Waals surface area contributed by atoms with Crippen molar-refractivity contribution in [2.24, 2.45) is 0 Å². The molecule has 0 aliphatic carbocycles. The molecule has 7 heteroatoms. The number of hydrogen-bond acceptors (Lipinski definition) is 4. The molecule has 0 heterocycles. The first-order valence-electron chi connectivity index (χ1n) is 7.56. The van der Waals surface area contributed by atoms with Gasteiger partial charge in [0.1, 0.15) is 5.69 Å². The van der Waals surface area contributed by atoms with Gasteiger partial charge in [0.2, 0.25) is 0 Å². The fraction of sp³-hybridized carbons (Fsp3) is 0. The third-order valence-electron chi connectivity index (χ3n) is 3.70. The lowest BCUT2D eigenvalue weighted by atomic mass is 10.0. The topological polar surface area (TPSA) is 72.2 Å². The van der Waals surface area contributed by atoms with E-state index in [2.05, 4.69) is 5.32 Å². The van der Waals surface area contributed by atoms with Gasteiger partial charge >= 0.3 is 0 Å². The summed E-state index contributed by atoms with van der Waals surface area (Å²) in [5, 5.41) is 14.8. The first kappa shape index (κ1) is 17.9. The minimum absolute atomic E-state index is 0.0272. The number of rotatable bonds is 5. The molecule has 0 aromatic heterocycles. The Kier molecular flexibility index (Phi) is 5.21. The maximum atomic E-state index is 12.6. The monoisotopic (exact) mass is 386 g/mol. The Hall–Kier alpha value is -2.89. The number of anilines is 2. The van der Waals surface area contributed by atoms with Crippen LogP contribution < -0.4 is 5.32 Å². The third-order valence-corrected chi connectivity index (χ3v) is 4.25. The molecule has 5 nitrogen and oxygen atoms in total. The number of nitrogens with one attached hydrogen (secondary N) is 1. The van der Waals surface area contributed by atoms with Crippen LogP contribution in [0.15, 0.2) is 66.7 Å². The quantitative estimate of drug-likeness (QED) is 0.337. The summed E-state index contributed by atoms with van der Waals surface area (Å²) in [7, 11) is 0. The van der Waals surface area contributed by atoms with Crippen LogP contribution in [-0.2, 0) is 0 Å². The Morgan fingerprint density at radius 2 is 1.65 bits per heavy atom. The van der Waals surface area contributed by atoms with Crippen molar-refractivity contribution in [1.29, 1.82) is 0 Å². The van der Waals surface area contributed by atoms with Crippen LogP contribution >= 0.6 is 23.2 Å². The van der Waals surface area contributed by atoms with E-state index in [1.807, 2.05) is 0 Å². The van der Waals surface area contributed by atoms with E-state index >= 15 is 0 Å². The number of nitrogens with zero attached hydrogens (tertiary/aromatic N) is 1. The van der Waals surface area contributed by atoms with Crippen molar-refractivity contribution in [3.05, 3.63) is 98.0 Å². The van der Waals surface area contributed by atoms with Crippen molar-refractivity contribution >= 4 is 46.0 Å². The number of benzene rings is 3. The molecule has 0 bridgehead atoms. The summed E-state index contributed by atoms with van der Waals surface area (Å²) in [5.41, 5.74) is 1.77. The van der Waals surface area contributed by atoms with Gasteiger partial charge in [-0.05, 0) is 48.5 Å². The van der Waals surface area contributed by atoms with Crippen LogP contribution in [0.2, 0.25) is 10.0 Å². The lowest BCUT2D eigenvalue weighted by Crippen LogP contribution is -2.02. The summed E-state index contributed by atoms with van der Waals surface area (Å²) < 4.78 is 0. The van der Waals surface area contributed by atoms with Crippen LogP contribution in [0.4, 0.5) is 17.1 Å². The molecule has 0 radical (unpaired) electrons. The summed E-state index contributed by atoms with van der Waals surface area (Å²) >= 11 is 11.9. The summed E-state index contributed by atoms with van der Waals surface area (Å²) in [4.78, 5) is 23.2. The molecule has 0 saturated heterocycles. The molecule has 26 heavy (non-hydrogen) atoms. The minimum Gasteiger partial charge on any atom is -0.350 e. The number of nitro benzene ring substituents is 1. The largest absolute Gasteiger partial charge is 0.350 e. The minimum atomic E-state index is -0.456. The highest BCUT2D eigenvalue weighted by Gasteiger charge is 2.15. The van der Waals surface area contributed by atoms with Crippen molar-refractivity contribution < 1.29 is 9.72 Å². The molecular formula is C19H12Cl2N2O3. The second-order valence-electron chi connectivity index (χ2n) is 5.43. The van der Waals surface area contributed by atoms with Crippen molar-refractivity contribution in [2.45, 2.75) is 0 Å². The number of hydrogen-bond donors (Lipinski definition) is 1. The van der Waals surface area contributed by atoms with E-state index in [0.29, 0.717) is 27.5 Å². The molecule has 0 aliphatic heterocycles. The SMILES string of the molecule is O=C(c1ccc(Nc2ccccc2[N+](=O)[O-])cc1)c1ccc(Cl)cc1Cl. The van der Waals surface area contributed by atoms with Gasteiger partial charge < -0.3 is 5.32 Å². The lowest BCUT2D eigenvalue weighted by Gasteiger charge is -2.08. The van der Waals surface area contributed by atoms with Crippen LogP contribution in [0, 0.1) is 10.1 Å². The fourth-order valence-electron chi connectivity index (χ4n) is 2.43. The molecule has 0 fully saturated rings. The number of nitro groups is 1. The summed E-state index contributed by atoms with van der Waals surface area (Å²) in [6.07, 6.45) is 0. The van der Waals surface area contributed by atoms with Crippen molar-refractivity contribution in [3.63, 3.8) is 0 Å². The van der Waals surface area contributed by atoms with E-state index in [9.17, 15) is 14.9 Å². The van der Waals surface area contributed by atoms with Crippen molar-refractivity contribution in [1.82, 2.24) is 0 Å². The molecule has 3 aromatic carbocycles. The average Bonchev–Trinajstić information content (AvgIpc) is 2.62. The molecule has 0 atom stereocenters. The average molecular weight is 387 g/mol. The van der Waals surface area contributed by atoms with Gasteiger partial charge in [0.05, 0.1) is 9.95 Å². The standard InChI is InChI=1S/C19H12Cl2N2O3/c20-13-7-10-15(16(21)11-13)19(24)12-5-8-14(9-6-12)22-17-3-1-2-4-18(17)23(25)26/h1-11,22H. The number of carbonyl (C=O) groups excluding carboxylic acids is 1. The van der Waals surface area contributed by atoms with E-state index in [-0.39, 0.29) is 16.5 Å². The maximum absolute atomic E-state index is 12.6. The number of halogens is 2. The van der Waals surface area contributed by atoms with E-state index in [1.165, 1.54) is 12.1 Å². The van der Waals surface area contributed by atoms with Gasteiger partial charge in [0, 0.05) is 27.9 Å². The lowest BCUT2D eigenvalue weighted by molar-refractivity contribution is -0.383. The highest BCUT2D eigenvalue weighted by atomic mass is 35.5. The van der Waals surface area contributed by atoms with E-state index in [4.69, 9.17) is 23.2 Å². The van der Waals surface area contributed by atoms with E-state index < -0.39 is 4.92 Å². The number of para-hydroxylation sites is 2. The zero-order valence-corrected chi connectivity index (χ0v) is 14.8. The number of carbonyl (C=O) groups is 1. The predicted octanol–water partition coefficient (Wildman–Crippen LogP) is 5.88. The smallest absolute Gasteiger partial charge is 0.292 e. The zero-order chi connectivity index (χ0) is 18.7. The zero-order valence-electron chi connectivity index (χ0n) is 13.3. The molecule has 3 aromatic rings. The molecule has 130 valence electrons. The van der Waals surface area contributed by atoms with E-state index in [1.54, 1.807) is 54.6 Å². The molecule has 0 unspecified atom stereocenters. The molecule has 0 aliphatic rings. The first-order chi connectivity index (χ1) is 12.5. The van der Waals surface area contributed by atoms with Crippen molar-refractivity contribution in [3.8, 4) is 0 Å². The van der Waals surface area contributed by atoms with Gasteiger partial charge in [-0.2, -0.15) is 0 Å². The van der Waals surface area contributed by atoms with E-state index in [0.717, 1.165) is 0 Å². The molecule has 0 amide bonds. The molecule has 0 spiro atoms. The highest BCUT2D eigenvalue weighted by molar-refractivity contribution is 6.37. The van der Waals surface area contributed by atoms with Gasteiger partial charge in [0.15, 0.2) is 5.78 Å². The Morgan fingerprint density at radius 1 is 0.962 bits per heavy atom. The third kappa shape index (κ3) is 3.85. The summed E-state index contributed by atoms with van der Waals surface area (Å²) in [5.74, 6) is -0.232. The van der Waals surface area contributed by atoms with Gasteiger partial charge in [0.25, 0.3) is 5.69 Å². The first-order valence-corrected chi connectivity index (χ1v) is 8.31. The van der Waals surface area contributed by atoms with Crippen LogP contribution in [-0.4, -0.2) is 10.7 Å². The van der Waals surface area contributed by atoms with Gasteiger partial charge in [-0.15, -0.1) is 0 Å². The Morgan fingerprint density at radius 3 is 2.31 bits per heavy atom. The Balaban J connectivity index is 1.83. The van der Waals surface area contributed by atoms with Gasteiger partial charge in [-0.1, -0.05) is 35.3 Å². The predicted molar refractivity (Wildman–Crippen MR) is 103 cm³/mol. The normalized spacial score (nSPS) is 10.4. The molecular weight excluding hydrogens is 375 g/mol. The van der Waals surface area contributed by atoms with Crippen LogP contribution in [0.5, 0.6) is 0 Å². The summed E-state index contributed by atoms with van der Waals surface area (Å²) in [6.45, 7) is 0. The molecule has 3 rings (SSSR count). The maximum Gasteiger partial charge on any atom is 0.292 e. The second kappa shape index (κ2) is 7.56. The Labute approximate surface area is 159 Å². The molecule has 1 N–H and O–H groups in total. The van der Waals surface area contributed by atoms with Crippen LogP contribution in [0.1, 0.15) is 15.9 Å². The summed E-state index contributed by atoms with van der Waals surface area (Å²) in [6, 6.07) is 17.6.